The van der Waals surface area contributed by atoms with Gasteiger partial charge in [-0.1, -0.05) is 30.3 Å². The van der Waals surface area contributed by atoms with E-state index in [1.165, 1.54) is 32.0 Å². The van der Waals surface area contributed by atoms with Crippen molar-refractivity contribution in [2.45, 2.75) is 37.8 Å². The van der Waals surface area contributed by atoms with Crippen molar-refractivity contribution in [2.75, 3.05) is 20.3 Å². The highest BCUT2D eigenvalue weighted by molar-refractivity contribution is 5.90. The lowest BCUT2D eigenvalue weighted by molar-refractivity contribution is -0.279. The molecule has 0 saturated heterocycles. The smallest absolute Gasteiger partial charge is 0.432 e. The Morgan fingerprint density at radius 1 is 1.00 bits per heavy atom. The Morgan fingerprint density at radius 3 is 1.97 bits per heavy atom. The molecule has 0 saturated carbocycles. The zero-order valence-corrected chi connectivity index (χ0v) is 15.9. The molecule has 1 rings (SSSR count). The first-order valence-electron chi connectivity index (χ1n) is 8.46. The second kappa shape index (κ2) is 10.2. The van der Waals surface area contributed by atoms with Gasteiger partial charge in [-0.3, -0.25) is 0 Å². The molecule has 162 valence electrons. The molecule has 0 fully saturated rings. The van der Waals surface area contributed by atoms with Crippen LogP contribution in [0.3, 0.4) is 0 Å². The third-order valence-corrected chi connectivity index (χ3v) is 3.74. The number of halogens is 3. The van der Waals surface area contributed by atoms with Gasteiger partial charge in [0, 0.05) is 12.7 Å². The van der Waals surface area contributed by atoms with E-state index in [-0.39, 0.29) is 13.2 Å². The van der Waals surface area contributed by atoms with E-state index in [0.29, 0.717) is 7.11 Å². The lowest BCUT2D eigenvalue weighted by Gasteiger charge is -2.33. The number of alkyl halides is 3. The van der Waals surface area contributed by atoms with E-state index in [4.69, 9.17) is 0 Å². The van der Waals surface area contributed by atoms with Crippen molar-refractivity contribution in [3.05, 3.63) is 35.9 Å². The highest BCUT2D eigenvalue weighted by Crippen LogP contribution is 2.43. The van der Waals surface area contributed by atoms with Gasteiger partial charge in [-0.25, -0.2) is 14.4 Å². The summed E-state index contributed by atoms with van der Waals surface area (Å²) >= 11 is 0. The van der Waals surface area contributed by atoms with Gasteiger partial charge in [-0.05, 0) is 13.8 Å². The second-order valence-corrected chi connectivity index (χ2v) is 5.52. The summed E-state index contributed by atoms with van der Waals surface area (Å²) in [5.74, 6) is -4.88. The van der Waals surface area contributed by atoms with E-state index in [1.54, 1.807) is 0 Å². The zero-order valence-electron chi connectivity index (χ0n) is 15.9. The summed E-state index contributed by atoms with van der Waals surface area (Å²) in [7, 11) is 0.628. The van der Waals surface area contributed by atoms with Crippen molar-refractivity contribution < 1.29 is 51.6 Å². The van der Waals surface area contributed by atoms with Crippen LogP contribution in [0.25, 0.3) is 0 Å². The van der Waals surface area contributed by atoms with Gasteiger partial charge in [0.1, 0.15) is 0 Å². The number of carbonyl (C=O) groups is 3. The minimum Gasteiger partial charge on any atom is -0.464 e. The Balaban J connectivity index is 3.38. The maximum absolute atomic E-state index is 13.9. The van der Waals surface area contributed by atoms with E-state index < -0.39 is 47.5 Å². The molecule has 0 aromatic heterocycles. The average Bonchev–Trinajstić information content (AvgIpc) is 2.66. The van der Waals surface area contributed by atoms with Crippen molar-refractivity contribution in [1.29, 1.82) is 0 Å². The molecule has 0 spiro atoms. The SMILES string of the molecule is CCOC(=O)C(O)[C@@H](OC(=O)[C@](OC)(c1ccccc1)C(F)(F)F)C(=O)OCC. The number of rotatable bonds is 9. The number of aliphatic hydroxyl groups is 1. The number of hydrogen-bond donors (Lipinski definition) is 1. The van der Waals surface area contributed by atoms with Crippen LogP contribution in [0.1, 0.15) is 19.4 Å². The first-order valence-corrected chi connectivity index (χ1v) is 8.46. The number of aliphatic hydroxyl groups excluding tert-OH is 1. The summed E-state index contributed by atoms with van der Waals surface area (Å²) < 4.78 is 59.9. The highest BCUT2D eigenvalue weighted by atomic mass is 19.4. The molecule has 8 nitrogen and oxygen atoms in total. The van der Waals surface area contributed by atoms with Crippen LogP contribution in [0.5, 0.6) is 0 Å². The molecule has 1 aromatic carbocycles. The van der Waals surface area contributed by atoms with Gasteiger partial charge in [0.25, 0.3) is 5.60 Å². The summed E-state index contributed by atoms with van der Waals surface area (Å²) in [6.07, 6.45) is -10.1. The van der Waals surface area contributed by atoms with Crippen LogP contribution in [0, 0.1) is 0 Å². The van der Waals surface area contributed by atoms with Gasteiger partial charge in [0.05, 0.1) is 13.2 Å². The predicted octanol–water partition coefficient (Wildman–Crippen LogP) is 1.49. The lowest BCUT2D eigenvalue weighted by Crippen LogP contribution is -2.55. The Morgan fingerprint density at radius 2 is 1.52 bits per heavy atom. The number of esters is 3. The lowest BCUT2D eigenvalue weighted by atomic mass is 9.92. The van der Waals surface area contributed by atoms with Gasteiger partial charge in [-0.15, -0.1) is 0 Å². The van der Waals surface area contributed by atoms with Crippen LogP contribution in [0.15, 0.2) is 30.3 Å². The quantitative estimate of drug-likeness (QED) is 0.471. The number of benzene rings is 1. The molecule has 0 amide bonds. The normalized spacial score (nSPS) is 15.6. The van der Waals surface area contributed by atoms with E-state index >= 15 is 0 Å². The molecule has 0 bridgehead atoms. The first kappa shape index (κ1) is 24.4. The molecular weight excluding hydrogens is 401 g/mol. The van der Waals surface area contributed by atoms with Crippen LogP contribution in [0.2, 0.25) is 0 Å². The van der Waals surface area contributed by atoms with Gasteiger partial charge in [0.15, 0.2) is 6.10 Å². The molecule has 0 aliphatic heterocycles. The molecule has 0 aliphatic carbocycles. The fraction of sp³-hybridized carbons (Fsp3) is 0.500. The summed E-state index contributed by atoms with van der Waals surface area (Å²) in [6, 6.07) is 5.83. The minimum atomic E-state index is -5.31. The maximum atomic E-state index is 13.9. The van der Waals surface area contributed by atoms with Gasteiger partial charge >= 0.3 is 24.1 Å². The molecule has 29 heavy (non-hydrogen) atoms. The molecule has 1 unspecified atom stereocenters. The van der Waals surface area contributed by atoms with Gasteiger partial charge in [0.2, 0.25) is 6.10 Å². The third-order valence-electron chi connectivity index (χ3n) is 3.74. The number of hydrogen-bond acceptors (Lipinski definition) is 8. The zero-order chi connectivity index (χ0) is 22.2. The molecule has 0 heterocycles. The highest BCUT2D eigenvalue weighted by Gasteiger charge is 2.65. The molecule has 0 aliphatic rings. The average molecular weight is 422 g/mol. The molecule has 0 radical (unpaired) electrons. The molecule has 3 atom stereocenters. The number of carbonyl (C=O) groups excluding carboxylic acids is 3. The van der Waals surface area contributed by atoms with E-state index in [2.05, 4.69) is 18.9 Å². The van der Waals surface area contributed by atoms with Crippen LogP contribution < -0.4 is 0 Å². The summed E-state index contributed by atoms with van der Waals surface area (Å²) in [5.41, 5.74) is -4.25. The van der Waals surface area contributed by atoms with E-state index in [9.17, 15) is 32.7 Å². The van der Waals surface area contributed by atoms with Gasteiger partial charge < -0.3 is 24.1 Å². The van der Waals surface area contributed by atoms with E-state index in [1.807, 2.05) is 0 Å². The van der Waals surface area contributed by atoms with Crippen LogP contribution >= 0.6 is 0 Å². The molecular formula is C18H21F3O8. The summed E-state index contributed by atoms with van der Waals surface area (Å²) in [4.78, 5) is 36.4. The van der Waals surface area contributed by atoms with Crippen molar-refractivity contribution >= 4 is 17.9 Å². The Bertz CT molecular complexity index is 707. The number of ether oxygens (including phenoxy) is 4. The van der Waals surface area contributed by atoms with Crippen molar-refractivity contribution in [2.24, 2.45) is 0 Å². The Labute approximate surface area is 164 Å². The largest absolute Gasteiger partial charge is 0.464 e. The third kappa shape index (κ3) is 5.24. The van der Waals surface area contributed by atoms with Crippen molar-refractivity contribution in [3.8, 4) is 0 Å². The first-order chi connectivity index (χ1) is 13.6. The molecule has 1 aromatic rings. The number of methoxy groups -OCH3 is 1. The monoisotopic (exact) mass is 422 g/mol. The maximum Gasteiger partial charge on any atom is 0.432 e. The van der Waals surface area contributed by atoms with Crippen molar-refractivity contribution in [1.82, 2.24) is 0 Å². The standard InChI is InChI=1S/C18H21F3O8/c1-4-27-14(23)12(22)13(15(24)28-5-2)29-16(25)17(26-3,18(19,20)21)11-9-7-6-8-10-11/h6-10,12-13,22H,4-5H2,1-3H3/t12?,13-,17-/m1/s1. The molecule has 1 N–H and O–H groups in total. The second-order valence-electron chi connectivity index (χ2n) is 5.52. The Kier molecular flexibility index (Phi) is 8.59. The fourth-order valence-corrected chi connectivity index (χ4v) is 2.40. The van der Waals surface area contributed by atoms with Crippen LogP contribution in [0.4, 0.5) is 13.2 Å². The molecule has 11 heteroatoms. The topological polar surface area (TPSA) is 108 Å². The summed E-state index contributed by atoms with van der Waals surface area (Å²) in [5, 5.41) is 9.99. The van der Waals surface area contributed by atoms with Crippen LogP contribution in [-0.4, -0.2) is 61.7 Å². The predicted molar refractivity (Wildman–Crippen MR) is 90.3 cm³/mol. The minimum absolute atomic E-state index is 0.200. The fourth-order valence-electron chi connectivity index (χ4n) is 2.40. The van der Waals surface area contributed by atoms with Crippen LogP contribution in [-0.2, 0) is 38.9 Å². The van der Waals surface area contributed by atoms with Crippen molar-refractivity contribution in [3.63, 3.8) is 0 Å². The van der Waals surface area contributed by atoms with Gasteiger partial charge in [-0.2, -0.15) is 13.2 Å². The van der Waals surface area contributed by atoms with E-state index in [0.717, 1.165) is 12.1 Å². The summed E-state index contributed by atoms with van der Waals surface area (Å²) in [6.45, 7) is 2.31. The Hall–Kier alpha value is -2.66.